The normalized spacial score (nSPS) is 11.4. The highest BCUT2D eigenvalue weighted by atomic mass is 32.2. The fourth-order valence-corrected chi connectivity index (χ4v) is 1.12. The molecule has 6 nitrogen and oxygen atoms in total. The van der Waals surface area contributed by atoms with Gasteiger partial charge in [0, 0.05) is 0 Å². The molecule has 1 rings (SSSR count). The molecule has 0 amide bonds. The predicted molar refractivity (Wildman–Crippen MR) is 39.4 cm³/mol. The van der Waals surface area contributed by atoms with Crippen LogP contribution in [0.1, 0.15) is 10.4 Å². The number of aromatic nitrogens is 2. The molecule has 0 saturated carbocycles. The maximum Gasteiger partial charge on any atom is 0.338 e. The lowest BCUT2D eigenvalue weighted by Gasteiger charge is -1.92. The Labute approximate surface area is 68.5 Å². The van der Waals surface area contributed by atoms with Gasteiger partial charge in [0.05, 0.1) is 24.2 Å². The summed E-state index contributed by atoms with van der Waals surface area (Å²) in [6.45, 7) is 0. The summed E-state index contributed by atoms with van der Waals surface area (Å²) in [6.07, 6.45) is 2.85. The first-order chi connectivity index (χ1) is 5.41. The van der Waals surface area contributed by atoms with Gasteiger partial charge in [-0.3, -0.25) is 0 Å². The molecule has 0 unspecified atom stereocenters. The van der Waals surface area contributed by atoms with E-state index in [1.807, 2.05) is 0 Å². The zero-order valence-electron chi connectivity index (χ0n) is 6.13. The summed E-state index contributed by atoms with van der Waals surface area (Å²) < 4.78 is 22.2. The Hall–Kier alpha value is -1.37. The van der Waals surface area contributed by atoms with Crippen molar-refractivity contribution in [1.82, 2.24) is 9.19 Å². The Balaban J connectivity index is 3.17. The second-order valence-corrected chi connectivity index (χ2v) is 4.01. The van der Waals surface area contributed by atoms with Crippen LogP contribution >= 0.6 is 0 Å². The number of aromatic carboxylic acids is 1. The minimum absolute atomic E-state index is 0.152. The first kappa shape index (κ1) is 8.72. The fraction of sp³-hybridized carbons (Fsp3) is 0.200. The molecule has 1 aromatic heterocycles. The van der Waals surface area contributed by atoms with Gasteiger partial charge in [-0.25, -0.2) is 13.2 Å². The summed E-state index contributed by atoms with van der Waals surface area (Å²) in [4.78, 5) is 10.3. The summed E-state index contributed by atoms with van der Waals surface area (Å²) in [5.74, 6) is -1.20. The molecule has 0 bridgehead atoms. The molecule has 7 heteroatoms. The number of hydrogen-bond acceptors (Lipinski definition) is 4. The second-order valence-electron chi connectivity index (χ2n) is 2.17. The first-order valence-electron chi connectivity index (χ1n) is 2.90. The molecular formula is C5H6N2O4S. The monoisotopic (exact) mass is 190 g/mol. The summed E-state index contributed by atoms with van der Waals surface area (Å²) >= 11 is 0. The van der Waals surface area contributed by atoms with Crippen LogP contribution in [0.5, 0.6) is 0 Å². The quantitative estimate of drug-likeness (QED) is 0.671. The maximum absolute atomic E-state index is 10.8. The Bertz CT molecular complexity index is 405. The highest BCUT2D eigenvalue weighted by Crippen LogP contribution is 1.99. The van der Waals surface area contributed by atoms with Crippen LogP contribution < -0.4 is 0 Å². The third-order valence-corrected chi connectivity index (χ3v) is 2.03. The van der Waals surface area contributed by atoms with Gasteiger partial charge in [0.25, 0.3) is 10.0 Å². The van der Waals surface area contributed by atoms with Crippen molar-refractivity contribution in [2.24, 2.45) is 0 Å². The molecule has 0 aliphatic rings. The number of rotatable bonds is 2. The van der Waals surface area contributed by atoms with E-state index < -0.39 is 16.0 Å². The third-order valence-electron chi connectivity index (χ3n) is 1.15. The van der Waals surface area contributed by atoms with E-state index in [2.05, 4.69) is 5.10 Å². The largest absolute Gasteiger partial charge is 0.478 e. The number of hydrogen-bond donors (Lipinski definition) is 1. The van der Waals surface area contributed by atoms with Gasteiger partial charge < -0.3 is 5.11 Å². The van der Waals surface area contributed by atoms with E-state index in [9.17, 15) is 13.2 Å². The zero-order valence-corrected chi connectivity index (χ0v) is 6.95. The van der Waals surface area contributed by atoms with Crippen molar-refractivity contribution in [2.45, 2.75) is 0 Å². The Morgan fingerprint density at radius 1 is 1.67 bits per heavy atom. The number of carboxylic acids is 1. The van der Waals surface area contributed by atoms with Crippen LogP contribution in [-0.4, -0.2) is 34.9 Å². The minimum Gasteiger partial charge on any atom is -0.478 e. The van der Waals surface area contributed by atoms with Gasteiger partial charge in [-0.2, -0.15) is 9.19 Å². The second kappa shape index (κ2) is 2.59. The molecule has 0 fully saturated rings. The van der Waals surface area contributed by atoms with Gasteiger partial charge >= 0.3 is 5.97 Å². The van der Waals surface area contributed by atoms with E-state index in [1.165, 1.54) is 0 Å². The molecule has 1 N–H and O–H groups in total. The van der Waals surface area contributed by atoms with Crippen molar-refractivity contribution in [2.75, 3.05) is 6.26 Å². The summed E-state index contributed by atoms with van der Waals surface area (Å²) in [5, 5.41) is 11.8. The van der Waals surface area contributed by atoms with Crippen LogP contribution in [0.25, 0.3) is 0 Å². The van der Waals surface area contributed by atoms with Gasteiger partial charge in [0.1, 0.15) is 0 Å². The molecule has 12 heavy (non-hydrogen) atoms. The van der Waals surface area contributed by atoms with Crippen LogP contribution in [0.4, 0.5) is 0 Å². The van der Waals surface area contributed by atoms with E-state index in [0.717, 1.165) is 18.6 Å². The van der Waals surface area contributed by atoms with Crippen LogP contribution in [0.2, 0.25) is 0 Å². The van der Waals surface area contributed by atoms with Crippen LogP contribution in [0.3, 0.4) is 0 Å². The summed E-state index contributed by atoms with van der Waals surface area (Å²) in [7, 11) is -3.47. The first-order valence-corrected chi connectivity index (χ1v) is 4.74. The highest BCUT2D eigenvalue weighted by molar-refractivity contribution is 7.89. The van der Waals surface area contributed by atoms with Crippen molar-refractivity contribution in [3.05, 3.63) is 18.0 Å². The molecule has 1 heterocycles. The SMILES string of the molecule is CS(=O)(=O)n1cc(C(=O)O)cn1. The highest BCUT2D eigenvalue weighted by Gasteiger charge is 2.10. The lowest BCUT2D eigenvalue weighted by Crippen LogP contribution is -2.10. The number of carboxylic acid groups (broad SMARTS) is 1. The van der Waals surface area contributed by atoms with E-state index in [-0.39, 0.29) is 5.56 Å². The van der Waals surface area contributed by atoms with Crippen LogP contribution in [0, 0.1) is 0 Å². The Morgan fingerprint density at radius 3 is 2.50 bits per heavy atom. The van der Waals surface area contributed by atoms with Crippen LogP contribution in [-0.2, 0) is 10.0 Å². The van der Waals surface area contributed by atoms with Gasteiger partial charge in [-0.1, -0.05) is 0 Å². The molecule has 0 saturated heterocycles. The molecule has 0 radical (unpaired) electrons. The van der Waals surface area contributed by atoms with Gasteiger partial charge in [0.2, 0.25) is 0 Å². The standard InChI is InChI=1S/C5H6N2O4S/c1-12(10,11)7-3-4(2-6-7)5(8)9/h2-3H,1H3,(H,8,9). The lowest BCUT2D eigenvalue weighted by molar-refractivity contribution is 0.0697. The van der Waals surface area contributed by atoms with Crippen LogP contribution in [0.15, 0.2) is 12.4 Å². The average molecular weight is 190 g/mol. The van der Waals surface area contributed by atoms with Crippen molar-refractivity contribution in [3.8, 4) is 0 Å². The maximum atomic E-state index is 10.8. The van der Waals surface area contributed by atoms with Gasteiger partial charge in [-0.15, -0.1) is 0 Å². The molecule has 0 spiro atoms. The Kier molecular flexibility index (Phi) is 1.89. The predicted octanol–water partition coefficient (Wildman–Crippen LogP) is -0.611. The van der Waals surface area contributed by atoms with Crippen molar-refractivity contribution < 1.29 is 18.3 Å². The zero-order chi connectivity index (χ0) is 9.35. The molecule has 1 aromatic rings. The van der Waals surface area contributed by atoms with E-state index in [1.54, 1.807) is 0 Å². The van der Waals surface area contributed by atoms with E-state index >= 15 is 0 Å². The van der Waals surface area contributed by atoms with E-state index in [0.29, 0.717) is 4.09 Å². The minimum atomic E-state index is -3.47. The van der Waals surface area contributed by atoms with Crippen molar-refractivity contribution in [1.29, 1.82) is 0 Å². The average Bonchev–Trinajstić information content (AvgIpc) is 2.30. The van der Waals surface area contributed by atoms with Crippen molar-refractivity contribution in [3.63, 3.8) is 0 Å². The molecule has 0 atom stereocenters. The Morgan fingerprint density at radius 2 is 2.25 bits per heavy atom. The molecular weight excluding hydrogens is 184 g/mol. The molecule has 66 valence electrons. The summed E-state index contributed by atoms with van der Waals surface area (Å²) in [5.41, 5.74) is -0.152. The number of carbonyl (C=O) groups is 1. The molecule has 0 aliphatic heterocycles. The lowest BCUT2D eigenvalue weighted by atomic mass is 10.4. The topological polar surface area (TPSA) is 89.3 Å². The summed E-state index contributed by atoms with van der Waals surface area (Å²) in [6, 6.07) is 0. The third kappa shape index (κ3) is 1.62. The van der Waals surface area contributed by atoms with E-state index in [4.69, 9.17) is 5.11 Å². The van der Waals surface area contributed by atoms with Gasteiger partial charge in [0.15, 0.2) is 0 Å². The molecule has 0 aliphatic carbocycles. The number of nitrogens with zero attached hydrogens (tertiary/aromatic N) is 2. The fourth-order valence-electron chi connectivity index (χ4n) is 0.597. The van der Waals surface area contributed by atoms with Crippen molar-refractivity contribution >= 4 is 16.0 Å². The van der Waals surface area contributed by atoms with Gasteiger partial charge in [-0.05, 0) is 0 Å². The smallest absolute Gasteiger partial charge is 0.338 e. The molecule has 0 aromatic carbocycles.